The van der Waals surface area contributed by atoms with Crippen LogP contribution in [-0.2, 0) is 4.79 Å². The Kier molecular flexibility index (Phi) is 5.30. The maximum Gasteiger partial charge on any atom is 0.233 e. The minimum Gasteiger partial charge on any atom is -0.274 e. The fourth-order valence-corrected chi connectivity index (χ4v) is 2.86. The molecule has 0 spiro atoms. The topological polar surface area (TPSA) is 33.2 Å². The van der Waals surface area contributed by atoms with E-state index < -0.39 is 0 Å². The van der Waals surface area contributed by atoms with Gasteiger partial charge in [0.25, 0.3) is 0 Å². The molecule has 1 amide bonds. The molecule has 1 aromatic heterocycles. The van der Waals surface area contributed by atoms with Crippen molar-refractivity contribution in [3.05, 3.63) is 41.4 Å². The Labute approximate surface area is 124 Å². The number of benzene rings is 1. The van der Waals surface area contributed by atoms with Crippen molar-refractivity contribution in [3.8, 4) is 0 Å². The van der Waals surface area contributed by atoms with E-state index in [9.17, 15) is 4.79 Å². The van der Waals surface area contributed by atoms with Crippen LogP contribution in [0.25, 0.3) is 0 Å². The average Bonchev–Trinajstić information content (AvgIpc) is 2.87. The molecule has 0 bridgehead atoms. The minimum atomic E-state index is 0.124. The maximum atomic E-state index is 12.5. The Morgan fingerprint density at radius 3 is 2.60 bits per heavy atom. The lowest BCUT2D eigenvalue weighted by Crippen LogP contribution is -2.25. The number of carbonyl (C=O) groups excluding carboxylic acids is 1. The number of carbonyl (C=O) groups is 1. The lowest BCUT2D eigenvalue weighted by molar-refractivity contribution is -0.118. The van der Waals surface area contributed by atoms with Crippen LogP contribution in [-0.4, -0.2) is 10.9 Å². The van der Waals surface area contributed by atoms with Gasteiger partial charge in [-0.3, -0.25) is 9.69 Å². The molecule has 20 heavy (non-hydrogen) atoms. The second kappa shape index (κ2) is 7.20. The Bertz CT molecular complexity index is 551. The number of para-hydroxylation sites is 1. The fourth-order valence-electron chi connectivity index (χ4n) is 2.02. The minimum absolute atomic E-state index is 0.124. The first-order chi connectivity index (χ1) is 9.72. The predicted molar refractivity (Wildman–Crippen MR) is 84.6 cm³/mol. The third-order valence-corrected chi connectivity index (χ3v) is 4.00. The number of aromatic nitrogens is 1. The van der Waals surface area contributed by atoms with Gasteiger partial charge in [-0.25, -0.2) is 4.98 Å². The van der Waals surface area contributed by atoms with Crippen LogP contribution in [0.4, 0.5) is 10.8 Å². The van der Waals surface area contributed by atoms with Crippen LogP contribution in [0.1, 0.15) is 38.3 Å². The molecule has 0 aliphatic rings. The zero-order chi connectivity index (χ0) is 14.4. The van der Waals surface area contributed by atoms with Gasteiger partial charge in [-0.1, -0.05) is 38.0 Å². The summed E-state index contributed by atoms with van der Waals surface area (Å²) in [6.07, 6.45) is 3.71. The Hall–Kier alpha value is -1.68. The largest absolute Gasteiger partial charge is 0.274 e. The van der Waals surface area contributed by atoms with Gasteiger partial charge in [0.15, 0.2) is 5.13 Å². The third kappa shape index (κ3) is 3.67. The quantitative estimate of drug-likeness (QED) is 0.722. The average molecular weight is 288 g/mol. The molecule has 1 heterocycles. The van der Waals surface area contributed by atoms with Crippen LogP contribution in [0.3, 0.4) is 0 Å². The van der Waals surface area contributed by atoms with Gasteiger partial charge in [0.05, 0.1) is 11.4 Å². The van der Waals surface area contributed by atoms with Crippen molar-refractivity contribution < 1.29 is 4.79 Å². The molecule has 2 rings (SSSR count). The van der Waals surface area contributed by atoms with Gasteiger partial charge >= 0.3 is 0 Å². The lowest BCUT2D eigenvalue weighted by Gasteiger charge is -2.20. The summed E-state index contributed by atoms with van der Waals surface area (Å²) in [4.78, 5) is 18.7. The van der Waals surface area contributed by atoms with E-state index in [1.807, 2.05) is 42.6 Å². The number of hydrogen-bond acceptors (Lipinski definition) is 3. The van der Waals surface area contributed by atoms with Gasteiger partial charge in [0, 0.05) is 11.8 Å². The van der Waals surface area contributed by atoms with Gasteiger partial charge in [-0.05, 0) is 25.5 Å². The normalized spacial score (nSPS) is 10.5. The molecule has 2 aromatic rings. The molecule has 0 fully saturated rings. The number of hydrogen-bond donors (Lipinski definition) is 0. The van der Waals surface area contributed by atoms with Gasteiger partial charge in [0.2, 0.25) is 5.91 Å². The molecule has 0 aliphatic carbocycles. The monoisotopic (exact) mass is 288 g/mol. The van der Waals surface area contributed by atoms with E-state index in [4.69, 9.17) is 0 Å². The van der Waals surface area contributed by atoms with E-state index in [0.29, 0.717) is 6.42 Å². The molecule has 0 saturated carbocycles. The van der Waals surface area contributed by atoms with Gasteiger partial charge < -0.3 is 0 Å². The molecule has 0 saturated heterocycles. The van der Waals surface area contributed by atoms with E-state index in [2.05, 4.69) is 11.9 Å². The van der Waals surface area contributed by atoms with Crippen molar-refractivity contribution in [1.29, 1.82) is 0 Å². The van der Waals surface area contributed by atoms with Crippen LogP contribution < -0.4 is 4.90 Å². The summed E-state index contributed by atoms with van der Waals surface area (Å²) in [6, 6.07) is 9.75. The first-order valence-electron chi connectivity index (χ1n) is 7.02. The summed E-state index contributed by atoms with van der Waals surface area (Å²) in [5.41, 5.74) is 1.84. The van der Waals surface area contributed by atoms with Gasteiger partial charge in [0.1, 0.15) is 0 Å². The highest BCUT2D eigenvalue weighted by Gasteiger charge is 2.19. The smallest absolute Gasteiger partial charge is 0.233 e. The summed E-state index contributed by atoms with van der Waals surface area (Å²) in [5, 5.41) is 2.74. The molecule has 1 aromatic carbocycles. The first kappa shape index (κ1) is 14.7. The van der Waals surface area contributed by atoms with Crippen LogP contribution >= 0.6 is 11.3 Å². The summed E-state index contributed by atoms with van der Waals surface area (Å²) in [6.45, 7) is 4.09. The maximum absolute atomic E-state index is 12.5. The van der Waals surface area contributed by atoms with Crippen LogP contribution in [0, 0.1) is 6.92 Å². The lowest BCUT2D eigenvalue weighted by atomic mass is 10.2. The van der Waals surface area contributed by atoms with Crippen molar-refractivity contribution in [2.24, 2.45) is 0 Å². The first-order valence-corrected chi connectivity index (χ1v) is 7.90. The predicted octanol–water partition coefficient (Wildman–Crippen LogP) is 4.70. The molecular formula is C16H20N2OS. The number of aryl methyl sites for hydroxylation is 1. The van der Waals surface area contributed by atoms with Crippen molar-refractivity contribution in [2.45, 2.75) is 39.5 Å². The zero-order valence-corrected chi connectivity index (χ0v) is 12.8. The van der Waals surface area contributed by atoms with Crippen molar-refractivity contribution >= 4 is 28.1 Å². The number of rotatable bonds is 6. The van der Waals surface area contributed by atoms with E-state index in [1.165, 1.54) is 11.3 Å². The van der Waals surface area contributed by atoms with Gasteiger partial charge in [-0.2, -0.15) is 0 Å². The molecule has 106 valence electrons. The summed E-state index contributed by atoms with van der Waals surface area (Å²) >= 11 is 1.51. The molecule has 0 aliphatic heterocycles. The summed E-state index contributed by atoms with van der Waals surface area (Å²) < 4.78 is 0. The van der Waals surface area contributed by atoms with Crippen molar-refractivity contribution in [1.82, 2.24) is 4.98 Å². The highest BCUT2D eigenvalue weighted by Crippen LogP contribution is 2.29. The molecule has 0 N–H and O–H groups in total. The Morgan fingerprint density at radius 2 is 2.00 bits per heavy atom. The summed E-state index contributed by atoms with van der Waals surface area (Å²) in [7, 11) is 0. The SMILES string of the molecule is CCCCCC(=O)N(c1ccccc1)c1nc(C)cs1. The van der Waals surface area contributed by atoms with Crippen LogP contribution in [0.5, 0.6) is 0 Å². The number of anilines is 2. The Balaban J connectivity index is 2.23. The molecule has 0 atom stereocenters. The van der Waals surface area contributed by atoms with Crippen molar-refractivity contribution in [3.63, 3.8) is 0 Å². The van der Waals surface area contributed by atoms with Crippen LogP contribution in [0.15, 0.2) is 35.7 Å². The van der Waals surface area contributed by atoms with E-state index in [0.717, 1.165) is 35.8 Å². The standard InChI is InChI=1S/C16H20N2OS/c1-3-4-6-11-15(19)18(14-9-7-5-8-10-14)16-17-13(2)12-20-16/h5,7-10,12H,3-4,6,11H2,1-2H3. The molecule has 4 heteroatoms. The van der Waals surface area contributed by atoms with E-state index in [-0.39, 0.29) is 5.91 Å². The highest BCUT2D eigenvalue weighted by atomic mass is 32.1. The number of amides is 1. The molecule has 0 unspecified atom stereocenters. The van der Waals surface area contributed by atoms with E-state index >= 15 is 0 Å². The zero-order valence-electron chi connectivity index (χ0n) is 12.0. The molecule has 3 nitrogen and oxygen atoms in total. The summed E-state index contributed by atoms with van der Waals surface area (Å²) in [5.74, 6) is 0.124. The molecule has 0 radical (unpaired) electrons. The number of nitrogens with zero attached hydrogens (tertiary/aromatic N) is 2. The molecular weight excluding hydrogens is 268 g/mol. The second-order valence-corrected chi connectivity index (χ2v) is 5.63. The highest BCUT2D eigenvalue weighted by molar-refractivity contribution is 7.14. The van der Waals surface area contributed by atoms with Crippen LogP contribution in [0.2, 0.25) is 0 Å². The third-order valence-electron chi connectivity index (χ3n) is 3.06. The second-order valence-electron chi connectivity index (χ2n) is 4.79. The fraction of sp³-hybridized carbons (Fsp3) is 0.375. The number of thiazole rings is 1. The van der Waals surface area contributed by atoms with Gasteiger partial charge in [-0.15, -0.1) is 11.3 Å². The van der Waals surface area contributed by atoms with Crippen molar-refractivity contribution in [2.75, 3.05) is 4.90 Å². The Morgan fingerprint density at radius 1 is 1.25 bits per heavy atom. The number of unbranched alkanes of at least 4 members (excludes halogenated alkanes) is 2. The van der Waals surface area contributed by atoms with E-state index in [1.54, 1.807) is 4.90 Å².